The van der Waals surface area contributed by atoms with Crippen LogP contribution < -0.4 is 0 Å². The van der Waals surface area contributed by atoms with Gasteiger partial charge < -0.3 is 24.6 Å². The van der Waals surface area contributed by atoms with Gasteiger partial charge in [0, 0.05) is 26.2 Å². The zero-order chi connectivity index (χ0) is 29.3. The number of carboxylic acids is 2. The van der Waals surface area contributed by atoms with Crippen LogP contribution >= 0.6 is 0 Å². The van der Waals surface area contributed by atoms with E-state index in [1.807, 2.05) is 12.1 Å². The first kappa shape index (κ1) is 32.7. The Morgan fingerprint density at radius 1 is 0.923 bits per heavy atom. The fraction of sp³-hybridized carbons (Fsp3) is 0.667. The van der Waals surface area contributed by atoms with Crippen molar-refractivity contribution in [2.45, 2.75) is 43.8 Å². The molecule has 0 aliphatic carbocycles. The molecular weight excluding hydrogens is 545 g/mol. The third kappa shape index (κ3) is 11.6. The summed E-state index contributed by atoms with van der Waals surface area (Å²) in [6, 6.07) is 6.83. The molecule has 2 atom stereocenters. The molecule has 1 aromatic carbocycles. The second-order valence-electron chi connectivity index (χ2n) is 9.57. The Hall–Kier alpha value is -2.49. The zero-order valence-corrected chi connectivity index (χ0v) is 20.9. The van der Waals surface area contributed by atoms with Gasteiger partial charge in [0.1, 0.15) is 11.4 Å². The fourth-order valence-electron chi connectivity index (χ4n) is 4.56. The van der Waals surface area contributed by atoms with Crippen LogP contribution in [0, 0.1) is 11.7 Å². The van der Waals surface area contributed by atoms with Crippen molar-refractivity contribution in [3.05, 3.63) is 35.6 Å². The van der Waals surface area contributed by atoms with Crippen LogP contribution in [0.1, 0.15) is 24.8 Å². The molecule has 3 aliphatic heterocycles. The van der Waals surface area contributed by atoms with Crippen LogP contribution in [0.25, 0.3) is 0 Å². The SMILES string of the molecule is Fc1ccc(CN2CCOCC3(CC(CN4CCCC4)CO3)C2)cc1.O=C(O)C(F)(F)F.O=C(O)C(F)(F)F. The first-order valence-electron chi connectivity index (χ1n) is 12.1. The van der Waals surface area contributed by atoms with Gasteiger partial charge in [-0.05, 0) is 56.0 Å². The van der Waals surface area contributed by atoms with Crippen molar-refractivity contribution in [3.63, 3.8) is 0 Å². The molecule has 0 saturated carbocycles. The molecule has 2 unspecified atom stereocenters. The minimum atomic E-state index is -5.08. The molecule has 2 N–H and O–H groups in total. The lowest BCUT2D eigenvalue weighted by molar-refractivity contribution is -0.193. The number of alkyl halides is 6. The third-order valence-electron chi connectivity index (χ3n) is 6.23. The first-order chi connectivity index (χ1) is 18.1. The van der Waals surface area contributed by atoms with Crippen LogP contribution in [0.3, 0.4) is 0 Å². The van der Waals surface area contributed by atoms with Gasteiger partial charge in [0.2, 0.25) is 0 Å². The van der Waals surface area contributed by atoms with Crippen LogP contribution in [0.5, 0.6) is 0 Å². The molecule has 1 spiro atoms. The number of carboxylic acid groups (broad SMARTS) is 2. The Morgan fingerprint density at radius 3 is 1.97 bits per heavy atom. The van der Waals surface area contributed by atoms with Gasteiger partial charge in [0.05, 0.1) is 19.8 Å². The Balaban J connectivity index is 0.000000317. The number of nitrogens with zero attached hydrogens (tertiary/aromatic N) is 2. The van der Waals surface area contributed by atoms with Gasteiger partial charge >= 0.3 is 24.3 Å². The summed E-state index contributed by atoms with van der Waals surface area (Å²) in [5.74, 6) is -5.07. The lowest BCUT2D eigenvalue weighted by Crippen LogP contribution is -2.44. The Morgan fingerprint density at radius 2 is 1.46 bits per heavy atom. The summed E-state index contributed by atoms with van der Waals surface area (Å²) in [4.78, 5) is 22.8. The van der Waals surface area contributed by atoms with E-state index in [1.165, 1.54) is 44.6 Å². The molecule has 0 amide bonds. The van der Waals surface area contributed by atoms with Crippen molar-refractivity contribution >= 4 is 11.9 Å². The molecule has 3 heterocycles. The molecule has 8 nitrogen and oxygen atoms in total. The average Bonchev–Trinajstić information content (AvgIpc) is 3.43. The highest BCUT2D eigenvalue weighted by molar-refractivity contribution is 5.73. The van der Waals surface area contributed by atoms with Gasteiger partial charge in [0.15, 0.2) is 0 Å². The number of rotatable bonds is 4. The van der Waals surface area contributed by atoms with Gasteiger partial charge in [-0.25, -0.2) is 14.0 Å². The van der Waals surface area contributed by atoms with Crippen molar-refractivity contribution in [3.8, 4) is 0 Å². The van der Waals surface area contributed by atoms with E-state index in [1.54, 1.807) is 0 Å². The Kier molecular flexibility index (Phi) is 11.9. The summed E-state index contributed by atoms with van der Waals surface area (Å²) < 4.78 is 88.8. The van der Waals surface area contributed by atoms with Crippen molar-refractivity contribution in [1.29, 1.82) is 0 Å². The molecule has 0 radical (unpaired) electrons. The van der Waals surface area contributed by atoms with Crippen LogP contribution in [0.15, 0.2) is 24.3 Å². The fourth-order valence-corrected chi connectivity index (χ4v) is 4.56. The summed E-state index contributed by atoms with van der Waals surface area (Å²) in [7, 11) is 0. The second kappa shape index (κ2) is 14.2. The van der Waals surface area contributed by atoms with Crippen molar-refractivity contribution in [2.75, 3.05) is 52.5 Å². The summed E-state index contributed by atoms with van der Waals surface area (Å²) >= 11 is 0. The van der Waals surface area contributed by atoms with E-state index in [-0.39, 0.29) is 11.4 Å². The molecule has 15 heteroatoms. The normalized spacial score (nSPS) is 24.3. The monoisotopic (exact) mass is 576 g/mol. The van der Waals surface area contributed by atoms with Gasteiger partial charge in [-0.3, -0.25) is 4.90 Å². The minimum absolute atomic E-state index is 0.166. The predicted octanol–water partition coefficient (Wildman–Crippen LogP) is 3.80. The number of hydrogen-bond acceptors (Lipinski definition) is 6. The molecule has 3 saturated heterocycles. The van der Waals surface area contributed by atoms with E-state index in [2.05, 4.69) is 9.80 Å². The standard InChI is InChI=1S/C20H29FN2O2.2C2HF3O2/c21-19-5-3-17(4-6-19)12-23-9-10-24-16-20(15-23)11-18(14-25-20)13-22-7-1-2-8-22;2*3-2(4,5)1(6)7/h3-6,18H,1-2,7-16H2;2*(H,6,7). The summed E-state index contributed by atoms with van der Waals surface area (Å²) in [5, 5.41) is 14.2. The second-order valence-corrected chi connectivity index (χ2v) is 9.57. The summed E-state index contributed by atoms with van der Waals surface area (Å²) in [5.41, 5.74) is 0.978. The number of aliphatic carboxylic acids is 2. The number of halogens is 7. The first-order valence-corrected chi connectivity index (χ1v) is 12.1. The lowest BCUT2D eigenvalue weighted by Gasteiger charge is -2.31. The van der Waals surface area contributed by atoms with E-state index in [0.29, 0.717) is 12.5 Å². The third-order valence-corrected chi connectivity index (χ3v) is 6.23. The van der Waals surface area contributed by atoms with E-state index < -0.39 is 24.3 Å². The smallest absolute Gasteiger partial charge is 0.475 e. The largest absolute Gasteiger partial charge is 0.490 e. The quantitative estimate of drug-likeness (QED) is 0.523. The van der Waals surface area contributed by atoms with Crippen molar-refractivity contribution in [2.24, 2.45) is 5.92 Å². The Bertz CT molecular complexity index is 899. The maximum Gasteiger partial charge on any atom is 0.490 e. The van der Waals surface area contributed by atoms with Crippen LogP contribution in [0.2, 0.25) is 0 Å². The van der Waals surface area contributed by atoms with Gasteiger partial charge in [0.25, 0.3) is 0 Å². The zero-order valence-electron chi connectivity index (χ0n) is 20.9. The van der Waals surface area contributed by atoms with Crippen LogP contribution in [0.4, 0.5) is 30.7 Å². The Labute approximate surface area is 220 Å². The molecular formula is C24H31F7N2O6. The van der Waals surface area contributed by atoms with Crippen molar-refractivity contribution in [1.82, 2.24) is 9.80 Å². The molecule has 0 bridgehead atoms. The maximum atomic E-state index is 13.1. The summed E-state index contributed by atoms with van der Waals surface area (Å²) in [6.07, 6.45) is -6.40. The number of benzene rings is 1. The maximum absolute atomic E-state index is 13.1. The predicted molar refractivity (Wildman–Crippen MR) is 122 cm³/mol. The molecule has 222 valence electrons. The topological polar surface area (TPSA) is 99.5 Å². The molecule has 4 rings (SSSR count). The van der Waals surface area contributed by atoms with Crippen molar-refractivity contribution < 1.29 is 60.0 Å². The molecule has 0 aromatic heterocycles. The lowest BCUT2D eigenvalue weighted by atomic mass is 9.93. The number of ether oxygens (including phenoxy) is 2. The van der Waals surface area contributed by atoms with Gasteiger partial charge in [-0.15, -0.1) is 0 Å². The molecule has 39 heavy (non-hydrogen) atoms. The van der Waals surface area contributed by atoms with Crippen LogP contribution in [-0.4, -0.2) is 102 Å². The average molecular weight is 577 g/mol. The van der Waals surface area contributed by atoms with E-state index in [9.17, 15) is 30.7 Å². The molecule has 3 aliphatic rings. The number of carbonyl (C=O) groups is 2. The number of likely N-dealkylation sites (tertiary alicyclic amines) is 1. The highest BCUT2D eigenvalue weighted by Crippen LogP contribution is 2.34. The van der Waals surface area contributed by atoms with Gasteiger partial charge in [-0.2, -0.15) is 26.3 Å². The van der Waals surface area contributed by atoms with E-state index in [0.717, 1.165) is 44.8 Å². The molecule has 1 aromatic rings. The minimum Gasteiger partial charge on any atom is -0.475 e. The molecule has 3 fully saturated rings. The van der Waals surface area contributed by atoms with E-state index in [4.69, 9.17) is 29.3 Å². The highest BCUT2D eigenvalue weighted by atomic mass is 19.4. The van der Waals surface area contributed by atoms with Crippen LogP contribution in [-0.2, 0) is 25.6 Å². The number of hydrogen-bond donors (Lipinski definition) is 2. The van der Waals surface area contributed by atoms with E-state index >= 15 is 0 Å². The highest BCUT2D eigenvalue weighted by Gasteiger charge is 2.43. The van der Waals surface area contributed by atoms with Gasteiger partial charge in [-0.1, -0.05) is 12.1 Å². The summed E-state index contributed by atoms with van der Waals surface area (Å²) in [6.45, 7) is 8.58.